The lowest BCUT2D eigenvalue weighted by Gasteiger charge is -2.04. The average molecular weight is 386 g/mol. The van der Waals surface area contributed by atoms with E-state index in [4.69, 9.17) is 4.98 Å². The lowest BCUT2D eigenvalue weighted by Crippen LogP contribution is -2.15. The summed E-state index contributed by atoms with van der Waals surface area (Å²) in [5, 5.41) is 3.47. The summed E-state index contributed by atoms with van der Waals surface area (Å²) in [7, 11) is 0. The smallest absolute Gasteiger partial charge is 0.123 e. The van der Waals surface area contributed by atoms with Crippen LogP contribution in [0.25, 0.3) is 22.5 Å². The van der Waals surface area contributed by atoms with Gasteiger partial charge in [0.25, 0.3) is 0 Å². The van der Waals surface area contributed by atoms with E-state index in [0.717, 1.165) is 54.3 Å². The summed E-state index contributed by atoms with van der Waals surface area (Å²) in [6.07, 6.45) is 5.33. The lowest BCUT2D eigenvalue weighted by atomic mass is 10.1. The molecule has 0 aliphatic rings. The van der Waals surface area contributed by atoms with Crippen molar-refractivity contribution in [3.05, 3.63) is 96.3 Å². The second kappa shape index (κ2) is 9.26. The van der Waals surface area contributed by atoms with Crippen molar-refractivity contribution in [2.45, 2.75) is 19.4 Å². The van der Waals surface area contributed by atoms with Gasteiger partial charge in [0.2, 0.25) is 0 Å². The summed E-state index contributed by atoms with van der Waals surface area (Å²) in [6, 6.07) is 20.7. The summed E-state index contributed by atoms with van der Waals surface area (Å²) in [5.41, 5.74) is 4.96. The Morgan fingerprint density at radius 2 is 1.62 bits per heavy atom. The number of rotatable bonds is 8. The summed E-state index contributed by atoms with van der Waals surface area (Å²) in [4.78, 5) is 12.4. The average Bonchev–Trinajstić information content (AvgIpc) is 3.20. The molecule has 0 aliphatic carbocycles. The molecule has 146 valence electrons. The van der Waals surface area contributed by atoms with E-state index in [9.17, 15) is 4.39 Å². The molecule has 5 heteroatoms. The molecule has 0 unspecified atom stereocenters. The van der Waals surface area contributed by atoms with E-state index < -0.39 is 0 Å². The molecule has 0 saturated carbocycles. The zero-order chi connectivity index (χ0) is 19.9. The fraction of sp³-hybridized carbons (Fsp3) is 0.167. The SMILES string of the molecule is Fc1ccc(-c2nc(CCCNCc3ccccc3)[nH]c2-c2ccncc2)cc1. The largest absolute Gasteiger partial charge is 0.341 e. The number of aryl methyl sites for hydroxylation is 1. The third-order valence-electron chi connectivity index (χ3n) is 4.78. The third kappa shape index (κ3) is 4.95. The van der Waals surface area contributed by atoms with Crippen LogP contribution >= 0.6 is 0 Å². The number of halogens is 1. The van der Waals surface area contributed by atoms with Crippen LogP contribution in [-0.2, 0) is 13.0 Å². The Labute approximate surface area is 169 Å². The van der Waals surface area contributed by atoms with Gasteiger partial charge in [-0.25, -0.2) is 9.37 Å². The Morgan fingerprint density at radius 1 is 0.862 bits per heavy atom. The first-order chi connectivity index (χ1) is 14.3. The molecule has 0 atom stereocenters. The maximum Gasteiger partial charge on any atom is 0.123 e. The molecule has 0 amide bonds. The highest BCUT2D eigenvalue weighted by atomic mass is 19.1. The maximum absolute atomic E-state index is 13.3. The Balaban J connectivity index is 1.45. The molecule has 29 heavy (non-hydrogen) atoms. The number of hydrogen-bond acceptors (Lipinski definition) is 3. The van der Waals surface area contributed by atoms with Crippen LogP contribution in [0.5, 0.6) is 0 Å². The first-order valence-electron chi connectivity index (χ1n) is 9.79. The number of hydrogen-bond donors (Lipinski definition) is 2. The van der Waals surface area contributed by atoms with Crippen molar-refractivity contribution in [1.29, 1.82) is 0 Å². The Bertz CT molecular complexity index is 1030. The highest BCUT2D eigenvalue weighted by Gasteiger charge is 2.14. The van der Waals surface area contributed by atoms with Gasteiger partial charge in [-0.1, -0.05) is 30.3 Å². The molecule has 2 aromatic carbocycles. The number of nitrogens with zero attached hydrogens (tertiary/aromatic N) is 2. The molecular formula is C24H23FN4. The van der Waals surface area contributed by atoms with E-state index in [-0.39, 0.29) is 5.82 Å². The van der Waals surface area contributed by atoms with Gasteiger partial charge in [-0.2, -0.15) is 0 Å². The van der Waals surface area contributed by atoms with Crippen LogP contribution < -0.4 is 5.32 Å². The second-order valence-corrected chi connectivity index (χ2v) is 6.92. The lowest BCUT2D eigenvalue weighted by molar-refractivity contribution is 0.628. The van der Waals surface area contributed by atoms with Crippen LogP contribution in [0.15, 0.2) is 79.1 Å². The highest BCUT2D eigenvalue weighted by molar-refractivity contribution is 5.78. The predicted molar refractivity (Wildman–Crippen MR) is 114 cm³/mol. The van der Waals surface area contributed by atoms with E-state index in [1.54, 1.807) is 24.5 Å². The molecule has 0 radical (unpaired) electrons. The van der Waals surface area contributed by atoms with Gasteiger partial charge in [-0.05, 0) is 54.9 Å². The third-order valence-corrected chi connectivity index (χ3v) is 4.78. The summed E-state index contributed by atoms with van der Waals surface area (Å²) < 4.78 is 13.3. The summed E-state index contributed by atoms with van der Waals surface area (Å²) in [6.45, 7) is 1.77. The van der Waals surface area contributed by atoms with Gasteiger partial charge in [0, 0.05) is 36.5 Å². The van der Waals surface area contributed by atoms with Gasteiger partial charge >= 0.3 is 0 Å². The quantitative estimate of drug-likeness (QED) is 0.419. The van der Waals surface area contributed by atoms with Gasteiger partial charge in [0.05, 0.1) is 11.4 Å². The van der Waals surface area contributed by atoms with Crippen LogP contribution in [-0.4, -0.2) is 21.5 Å². The number of aromatic nitrogens is 3. The second-order valence-electron chi connectivity index (χ2n) is 6.92. The van der Waals surface area contributed by atoms with E-state index in [1.807, 2.05) is 18.2 Å². The van der Waals surface area contributed by atoms with Crippen LogP contribution in [0.4, 0.5) is 4.39 Å². The van der Waals surface area contributed by atoms with E-state index in [1.165, 1.54) is 17.7 Å². The summed E-state index contributed by atoms with van der Waals surface area (Å²) >= 11 is 0. The molecule has 0 aliphatic heterocycles. The van der Waals surface area contributed by atoms with Crippen molar-refractivity contribution in [1.82, 2.24) is 20.3 Å². The van der Waals surface area contributed by atoms with Gasteiger partial charge in [-0.15, -0.1) is 0 Å². The molecule has 0 saturated heterocycles. The molecule has 4 nitrogen and oxygen atoms in total. The Kier molecular flexibility index (Phi) is 6.07. The minimum atomic E-state index is -0.250. The van der Waals surface area contributed by atoms with Crippen molar-refractivity contribution in [3.63, 3.8) is 0 Å². The topological polar surface area (TPSA) is 53.6 Å². The molecular weight excluding hydrogens is 363 g/mol. The summed E-state index contributed by atoms with van der Waals surface area (Å²) in [5.74, 6) is 0.678. The van der Waals surface area contributed by atoms with Gasteiger partial charge in [0.1, 0.15) is 11.6 Å². The predicted octanol–water partition coefficient (Wildman–Crippen LogP) is 5.00. The van der Waals surface area contributed by atoms with Crippen LogP contribution in [0, 0.1) is 5.82 Å². The standard InChI is InChI=1S/C24H23FN4/c25-21-10-8-19(9-11-21)23-24(20-12-15-26-16-13-20)29-22(28-23)7-4-14-27-17-18-5-2-1-3-6-18/h1-3,5-6,8-13,15-16,27H,4,7,14,17H2,(H,28,29). The Morgan fingerprint density at radius 3 is 2.38 bits per heavy atom. The van der Waals surface area contributed by atoms with Gasteiger partial charge < -0.3 is 10.3 Å². The molecule has 4 aromatic rings. The van der Waals surface area contributed by atoms with Crippen molar-refractivity contribution in [2.75, 3.05) is 6.54 Å². The number of imidazole rings is 1. The number of H-pyrrole nitrogens is 1. The minimum absolute atomic E-state index is 0.250. The fourth-order valence-corrected chi connectivity index (χ4v) is 3.29. The first-order valence-corrected chi connectivity index (χ1v) is 9.79. The maximum atomic E-state index is 13.3. The van der Waals surface area contributed by atoms with Crippen LogP contribution in [0.2, 0.25) is 0 Å². The molecule has 0 fully saturated rings. The van der Waals surface area contributed by atoms with Crippen LogP contribution in [0.1, 0.15) is 17.8 Å². The zero-order valence-electron chi connectivity index (χ0n) is 16.1. The molecule has 2 heterocycles. The highest BCUT2D eigenvalue weighted by Crippen LogP contribution is 2.30. The normalized spacial score (nSPS) is 10.9. The van der Waals surface area contributed by atoms with Crippen molar-refractivity contribution in [2.24, 2.45) is 0 Å². The number of pyridine rings is 1. The van der Waals surface area contributed by atoms with Gasteiger partial charge in [0.15, 0.2) is 0 Å². The number of aromatic amines is 1. The molecule has 0 spiro atoms. The van der Waals surface area contributed by atoms with Crippen LogP contribution in [0.3, 0.4) is 0 Å². The van der Waals surface area contributed by atoms with Crippen molar-refractivity contribution < 1.29 is 4.39 Å². The Hall–Kier alpha value is -3.31. The number of nitrogens with one attached hydrogen (secondary N) is 2. The van der Waals surface area contributed by atoms with Crippen molar-refractivity contribution >= 4 is 0 Å². The van der Waals surface area contributed by atoms with Gasteiger partial charge in [-0.3, -0.25) is 4.98 Å². The van der Waals surface area contributed by atoms with E-state index in [0.29, 0.717) is 0 Å². The first kappa shape index (κ1) is 19.0. The minimum Gasteiger partial charge on any atom is -0.341 e. The number of benzene rings is 2. The van der Waals surface area contributed by atoms with Crippen molar-refractivity contribution in [3.8, 4) is 22.5 Å². The van der Waals surface area contributed by atoms with E-state index in [2.05, 4.69) is 39.6 Å². The molecule has 2 aromatic heterocycles. The molecule has 0 bridgehead atoms. The zero-order valence-corrected chi connectivity index (χ0v) is 16.1. The monoisotopic (exact) mass is 386 g/mol. The molecule has 4 rings (SSSR count). The molecule has 2 N–H and O–H groups in total. The van der Waals surface area contributed by atoms with E-state index >= 15 is 0 Å². The fourth-order valence-electron chi connectivity index (χ4n) is 3.29.